The Morgan fingerprint density at radius 1 is 1.08 bits per heavy atom. The van der Waals surface area contributed by atoms with Crippen LogP contribution >= 0.6 is 11.6 Å². The lowest BCUT2D eigenvalue weighted by Gasteiger charge is -2.32. The van der Waals surface area contributed by atoms with E-state index in [9.17, 15) is 22.8 Å². The minimum atomic E-state index is -4.62. The van der Waals surface area contributed by atoms with Crippen LogP contribution in [0.3, 0.4) is 0 Å². The van der Waals surface area contributed by atoms with E-state index in [4.69, 9.17) is 17.3 Å². The predicted octanol–water partition coefficient (Wildman–Crippen LogP) is 3.89. The van der Waals surface area contributed by atoms with E-state index in [-0.39, 0.29) is 43.1 Å². The van der Waals surface area contributed by atoms with E-state index in [1.165, 1.54) is 11.0 Å². The molecule has 1 fully saturated rings. The van der Waals surface area contributed by atoms with Crippen molar-refractivity contribution in [3.05, 3.63) is 76.9 Å². The molecule has 0 radical (unpaired) electrons. The molecule has 4 rings (SSSR count). The fourth-order valence-electron chi connectivity index (χ4n) is 4.21. The Bertz CT molecular complexity index is 1300. The Labute approximate surface area is 229 Å². The highest BCUT2D eigenvalue weighted by Gasteiger charge is 2.33. The van der Waals surface area contributed by atoms with E-state index >= 15 is 0 Å². The summed E-state index contributed by atoms with van der Waals surface area (Å²) in [5.41, 5.74) is 6.67. The maximum absolute atomic E-state index is 13.2. The number of amides is 2. The zero-order valence-electron chi connectivity index (χ0n) is 21.0. The smallest absolute Gasteiger partial charge is 0.350 e. The molecule has 1 aliphatic rings. The van der Waals surface area contributed by atoms with Crippen molar-refractivity contribution in [1.29, 1.82) is 0 Å². The van der Waals surface area contributed by atoms with Gasteiger partial charge < -0.3 is 20.9 Å². The summed E-state index contributed by atoms with van der Waals surface area (Å²) in [5, 5.41) is 2.19. The molecule has 0 unspecified atom stereocenters. The van der Waals surface area contributed by atoms with Gasteiger partial charge in [-0.25, -0.2) is 9.97 Å². The molecular weight excluding hydrogens is 533 g/mol. The molecule has 1 saturated heterocycles. The number of likely N-dealkylation sites (tertiary alicyclic amines) is 1. The lowest BCUT2D eigenvalue weighted by atomic mass is 10.1. The van der Waals surface area contributed by atoms with Crippen LogP contribution in [0.2, 0.25) is 5.02 Å². The predicted molar refractivity (Wildman–Crippen MR) is 142 cm³/mol. The maximum atomic E-state index is 13.2. The Morgan fingerprint density at radius 3 is 2.49 bits per heavy atom. The van der Waals surface area contributed by atoms with Crippen LogP contribution in [0.25, 0.3) is 11.3 Å². The van der Waals surface area contributed by atoms with Gasteiger partial charge in [-0.2, -0.15) is 13.2 Å². The average Bonchev–Trinajstić information content (AvgIpc) is 2.92. The van der Waals surface area contributed by atoms with Crippen LogP contribution in [-0.2, 0) is 22.3 Å². The highest BCUT2D eigenvalue weighted by Crippen LogP contribution is 2.35. The van der Waals surface area contributed by atoms with Crippen molar-refractivity contribution in [2.24, 2.45) is 5.73 Å². The summed E-state index contributed by atoms with van der Waals surface area (Å²) in [5.74, 6) is -0.531. The van der Waals surface area contributed by atoms with Crippen LogP contribution in [0.15, 0.2) is 60.8 Å². The Kier molecular flexibility index (Phi) is 9.03. The van der Waals surface area contributed by atoms with Gasteiger partial charge in [-0.1, -0.05) is 48.0 Å². The molecule has 0 aliphatic carbocycles. The Morgan fingerprint density at radius 2 is 1.79 bits per heavy atom. The number of carbonyl (C=O) groups excluding carboxylic acids is 2. The quantitative estimate of drug-likeness (QED) is 0.433. The SMILES string of the molecule is NC1CCN(C(=O)CN(CC(=O)NCc2ccc(Cl)c(C(F)(F)F)c2)c2nccc(-c3ccccc3)n2)CC1. The van der Waals surface area contributed by atoms with E-state index in [1.807, 2.05) is 30.3 Å². The summed E-state index contributed by atoms with van der Waals surface area (Å²) in [4.78, 5) is 38.0. The molecule has 1 aromatic heterocycles. The third-order valence-electron chi connectivity index (χ3n) is 6.37. The van der Waals surface area contributed by atoms with Gasteiger partial charge in [0.25, 0.3) is 0 Å². The summed E-state index contributed by atoms with van der Waals surface area (Å²) in [7, 11) is 0. The fraction of sp³-hybridized carbons (Fsp3) is 0.333. The third kappa shape index (κ3) is 7.67. The summed E-state index contributed by atoms with van der Waals surface area (Å²) in [6.07, 6.45) is -1.69. The molecule has 1 aliphatic heterocycles. The van der Waals surface area contributed by atoms with Crippen LogP contribution in [0, 0.1) is 0 Å². The lowest BCUT2D eigenvalue weighted by molar-refractivity contribution is -0.137. The van der Waals surface area contributed by atoms with Crippen molar-refractivity contribution in [3.63, 3.8) is 0 Å². The Balaban J connectivity index is 1.50. The molecule has 206 valence electrons. The second-order valence-electron chi connectivity index (χ2n) is 9.27. The topological polar surface area (TPSA) is 104 Å². The number of benzene rings is 2. The summed E-state index contributed by atoms with van der Waals surface area (Å²) < 4.78 is 39.6. The van der Waals surface area contributed by atoms with Gasteiger partial charge >= 0.3 is 6.18 Å². The number of rotatable bonds is 8. The van der Waals surface area contributed by atoms with Gasteiger partial charge in [-0.3, -0.25) is 9.59 Å². The minimum absolute atomic E-state index is 0.0487. The molecule has 12 heteroatoms. The van der Waals surface area contributed by atoms with Crippen LogP contribution in [0.4, 0.5) is 19.1 Å². The number of alkyl halides is 3. The van der Waals surface area contributed by atoms with Gasteiger partial charge in [-0.15, -0.1) is 0 Å². The van der Waals surface area contributed by atoms with E-state index < -0.39 is 22.7 Å². The van der Waals surface area contributed by atoms with Gasteiger partial charge in [0, 0.05) is 37.4 Å². The average molecular weight is 561 g/mol. The van der Waals surface area contributed by atoms with Crippen molar-refractivity contribution in [2.75, 3.05) is 31.1 Å². The standard InChI is InChI=1S/C27H28ClF3N6O2/c28-22-7-6-18(14-21(22)27(29,30)31)15-34-24(38)16-37(17-25(39)36-12-9-20(32)10-13-36)26-33-11-8-23(35-26)19-4-2-1-3-5-19/h1-8,11,14,20H,9-10,12-13,15-17,32H2,(H,34,38). The second kappa shape index (κ2) is 12.4. The van der Waals surface area contributed by atoms with Gasteiger partial charge in [0.05, 0.1) is 16.3 Å². The molecule has 3 N–H and O–H groups in total. The minimum Gasteiger partial charge on any atom is -0.350 e. The number of hydrogen-bond donors (Lipinski definition) is 2. The van der Waals surface area contributed by atoms with Crippen molar-refractivity contribution in [3.8, 4) is 11.3 Å². The largest absolute Gasteiger partial charge is 0.417 e. The maximum Gasteiger partial charge on any atom is 0.417 e. The summed E-state index contributed by atoms with van der Waals surface area (Å²) in [6, 6.07) is 14.6. The second-order valence-corrected chi connectivity index (χ2v) is 9.68. The molecule has 8 nitrogen and oxygen atoms in total. The number of hydrogen-bond acceptors (Lipinski definition) is 6. The zero-order chi connectivity index (χ0) is 28.0. The number of nitrogens with two attached hydrogens (primary N) is 1. The molecule has 0 atom stereocenters. The highest BCUT2D eigenvalue weighted by molar-refractivity contribution is 6.31. The van der Waals surface area contributed by atoms with E-state index in [1.54, 1.807) is 17.2 Å². The normalized spacial score (nSPS) is 14.2. The monoisotopic (exact) mass is 560 g/mol. The molecule has 2 amide bonds. The summed E-state index contributed by atoms with van der Waals surface area (Å²) >= 11 is 5.69. The number of nitrogens with one attached hydrogen (secondary N) is 1. The molecule has 3 aromatic rings. The first-order valence-corrected chi connectivity index (χ1v) is 12.8. The van der Waals surface area contributed by atoms with Gasteiger partial charge in [0.1, 0.15) is 13.1 Å². The Hall–Kier alpha value is -3.70. The molecule has 0 spiro atoms. The fourth-order valence-corrected chi connectivity index (χ4v) is 4.43. The van der Waals surface area contributed by atoms with Gasteiger partial charge in [0.15, 0.2) is 0 Å². The highest BCUT2D eigenvalue weighted by atomic mass is 35.5. The van der Waals surface area contributed by atoms with Crippen molar-refractivity contribution in [1.82, 2.24) is 20.2 Å². The van der Waals surface area contributed by atoms with E-state index in [2.05, 4.69) is 15.3 Å². The molecular formula is C27H28ClF3N6O2. The number of nitrogens with zero attached hydrogens (tertiary/aromatic N) is 4. The first kappa shape index (κ1) is 28.3. The van der Waals surface area contributed by atoms with E-state index in [0.717, 1.165) is 17.7 Å². The molecule has 0 saturated carbocycles. The number of halogens is 4. The lowest BCUT2D eigenvalue weighted by Crippen LogP contribution is -2.48. The molecule has 39 heavy (non-hydrogen) atoms. The molecule has 2 aromatic carbocycles. The molecule has 0 bridgehead atoms. The zero-order valence-corrected chi connectivity index (χ0v) is 21.8. The van der Waals surface area contributed by atoms with Gasteiger partial charge in [-0.05, 0) is 36.6 Å². The van der Waals surface area contributed by atoms with Gasteiger partial charge in [0.2, 0.25) is 17.8 Å². The van der Waals surface area contributed by atoms with Crippen LogP contribution in [-0.4, -0.2) is 58.9 Å². The third-order valence-corrected chi connectivity index (χ3v) is 6.70. The number of piperidine rings is 1. The van der Waals surface area contributed by atoms with Crippen LogP contribution < -0.4 is 16.0 Å². The van der Waals surface area contributed by atoms with Crippen molar-refractivity contribution in [2.45, 2.75) is 31.6 Å². The van der Waals surface area contributed by atoms with Crippen molar-refractivity contribution < 1.29 is 22.8 Å². The number of carbonyl (C=O) groups is 2. The number of aromatic nitrogens is 2. The van der Waals surface area contributed by atoms with Crippen molar-refractivity contribution >= 4 is 29.4 Å². The van der Waals surface area contributed by atoms with Crippen LogP contribution in [0.5, 0.6) is 0 Å². The first-order chi connectivity index (χ1) is 18.6. The summed E-state index contributed by atoms with van der Waals surface area (Å²) in [6.45, 7) is 0.443. The van der Waals surface area contributed by atoms with Crippen LogP contribution in [0.1, 0.15) is 24.0 Å². The number of anilines is 1. The van der Waals surface area contributed by atoms with E-state index in [0.29, 0.717) is 31.6 Å². The molecule has 2 heterocycles. The first-order valence-electron chi connectivity index (χ1n) is 12.4.